The summed E-state index contributed by atoms with van der Waals surface area (Å²) in [4.78, 5) is 22.3. The number of fused-ring (bicyclic) bond motifs is 7. The van der Waals surface area contributed by atoms with Crippen molar-refractivity contribution in [2.24, 2.45) is 28.6 Å². The number of hydrogen-bond donors (Lipinski definition) is 2. The van der Waals surface area contributed by atoms with Crippen LogP contribution in [0.1, 0.15) is 57.2 Å². The maximum atomic E-state index is 13.8. The Labute approximate surface area is 258 Å². The fourth-order valence-electron chi connectivity index (χ4n) is 9.49. The summed E-state index contributed by atoms with van der Waals surface area (Å²) in [7, 11) is 0. The van der Waals surface area contributed by atoms with E-state index in [0.717, 1.165) is 42.6 Å². The number of rotatable bonds is 5. The highest BCUT2D eigenvalue weighted by Gasteiger charge is 2.68. The molecule has 7 atom stereocenters. The monoisotopic (exact) mass is 614 g/mol. The highest BCUT2D eigenvalue weighted by molar-refractivity contribution is 7.99. The fraction of sp³-hybridized carbons (Fsp3) is 0.471. The molecular formula is C34H35FN4O4S. The van der Waals surface area contributed by atoms with E-state index in [4.69, 9.17) is 4.42 Å². The van der Waals surface area contributed by atoms with E-state index in [2.05, 4.69) is 28.1 Å². The minimum absolute atomic E-state index is 0.0157. The van der Waals surface area contributed by atoms with E-state index in [-0.39, 0.29) is 40.5 Å². The van der Waals surface area contributed by atoms with Crippen molar-refractivity contribution >= 4 is 34.9 Å². The Balaban J connectivity index is 1.05. The van der Waals surface area contributed by atoms with Crippen LogP contribution in [0.3, 0.4) is 0 Å². The summed E-state index contributed by atoms with van der Waals surface area (Å²) in [6, 6.07) is 9.93. The lowest BCUT2D eigenvalue weighted by Gasteiger charge is -2.60. The summed E-state index contributed by atoms with van der Waals surface area (Å²) in [5.74, 6) is -0.130. The first kappa shape index (κ1) is 28.2. The van der Waals surface area contributed by atoms with Crippen LogP contribution in [-0.2, 0) is 11.2 Å². The van der Waals surface area contributed by atoms with E-state index in [9.17, 15) is 19.4 Å². The molecule has 8 nitrogen and oxygen atoms in total. The number of carbonyl (C=O) groups excluding carboxylic acids is 1. The van der Waals surface area contributed by atoms with Crippen molar-refractivity contribution in [3.63, 3.8) is 0 Å². The molecule has 1 aromatic carbocycles. The number of thioether (sulfide) groups is 1. The molecule has 3 fully saturated rings. The molecule has 0 saturated heterocycles. The van der Waals surface area contributed by atoms with Crippen molar-refractivity contribution in [3.8, 4) is 5.69 Å². The molecule has 3 aromatic heterocycles. The normalized spacial score (nSPS) is 34.2. The largest absolute Gasteiger partial charge is 0.430 e. The Morgan fingerprint density at radius 3 is 2.82 bits per heavy atom. The number of oxazole rings is 1. The number of carbonyl (C=O) groups is 1. The molecule has 0 spiro atoms. The summed E-state index contributed by atoms with van der Waals surface area (Å²) in [5.41, 5.74) is 2.82. The van der Waals surface area contributed by atoms with Gasteiger partial charge in [0.1, 0.15) is 11.4 Å². The van der Waals surface area contributed by atoms with Gasteiger partial charge in [0.25, 0.3) is 5.22 Å². The highest BCUT2D eigenvalue weighted by Crippen LogP contribution is 2.67. The Morgan fingerprint density at radius 1 is 1.20 bits per heavy atom. The van der Waals surface area contributed by atoms with Crippen LogP contribution in [-0.4, -0.2) is 53.2 Å². The fourth-order valence-corrected chi connectivity index (χ4v) is 10.3. The molecule has 3 heterocycles. The van der Waals surface area contributed by atoms with Crippen molar-refractivity contribution in [1.82, 2.24) is 19.7 Å². The smallest absolute Gasteiger partial charge is 0.258 e. The van der Waals surface area contributed by atoms with Gasteiger partial charge in [0.15, 0.2) is 17.0 Å². The highest BCUT2D eigenvalue weighted by atomic mass is 32.2. The third-order valence-corrected chi connectivity index (χ3v) is 12.4. The molecule has 3 saturated carbocycles. The second kappa shape index (κ2) is 9.83. The van der Waals surface area contributed by atoms with Gasteiger partial charge in [-0.25, -0.2) is 14.1 Å². The average molecular weight is 615 g/mol. The number of aliphatic hydroxyl groups is 2. The number of pyridine rings is 1. The van der Waals surface area contributed by atoms with Crippen molar-refractivity contribution < 1.29 is 23.8 Å². The summed E-state index contributed by atoms with van der Waals surface area (Å²) >= 11 is 1.19. The van der Waals surface area contributed by atoms with Gasteiger partial charge in [-0.15, -0.1) is 0 Å². The molecule has 4 aromatic rings. The van der Waals surface area contributed by atoms with Crippen LogP contribution in [0, 0.1) is 34.4 Å². The van der Waals surface area contributed by atoms with Crippen LogP contribution in [0.2, 0.25) is 0 Å². The number of allylic oxidation sites excluding steroid dienone is 1. The van der Waals surface area contributed by atoms with E-state index < -0.39 is 17.1 Å². The lowest BCUT2D eigenvalue weighted by Crippen LogP contribution is -2.62. The molecule has 4 aliphatic carbocycles. The third kappa shape index (κ3) is 3.96. The summed E-state index contributed by atoms with van der Waals surface area (Å²) in [6.07, 6.45) is 9.20. The lowest BCUT2D eigenvalue weighted by molar-refractivity contribution is -0.177. The first-order valence-electron chi connectivity index (χ1n) is 15.4. The molecule has 44 heavy (non-hydrogen) atoms. The molecule has 2 N–H and O–H groups in total. The van der Waals surface area contributed by atoms with Gasteiger partial charge in [0.2, 0.25) is 0 Å². The Kier molecular flexibility index (Phi) is 6.29. The van der Waals surface area contributed by atoms with Crippen molar-refractivity contribution in [3.05, 3.63) is 71.4 Å². The van der Waals surface area contributed by atoms with Gasteiger partial charge in [0, 0.05) is 11.6 Å². The number of aromatic nitrogens is 4. The van der Waals surface area contributed by atoms with Gasteiger partial charge in [-0.05, 0) is 110 Å². The van der Waals surface area contributed by atoms with Crippen LogP contribution in [0.25, 0.3) is 23.0 Å². The van der Waals surface area contributed by atoms with Crippen LogP contribution in [0.5, 0.6) is 0 Å². The van der Waals surface area contributed by atoms with Crippen LogP contribution in [0.4, 0.5) is 4.39 Å². The van der Waals surface area contributed by atoms with Crippen molar-refractivity contribution in [2.75, 3.05) is 5.75 Å². The predicted molar refractivity (Wildman–Crippen MR) is 163 cm³/mol. The van der Waals surface area contributed by atoms with Gasteiger partial charge in [-0.2, -0.15) is 10.1 Å². The molecular weight excluding hydrogens is 579 g/mol. The van der Waals surface area contributed by atoms with E-state index in [1.54, 1.807) is 30.5 Å². The number of ketones is 1. The van der Waals surface area contributed by atoms with Crippen LogP contribution < -0.4 is 0 Å². The topological polar surface area (TPSA) is 114 Å². The SMILES string of the molecule is CC12Cc3cnn(-c4ccc(F)cc4)c3C=C1CCC1C2[C@@H](O)CC2(C)C1CC[C@]2(O)C(=O)CSc1nc2ncccc2o1. The Bertz CT molecular complexity index is 1790. The zero-order valence-electron chi connectivity index (χ0n) is 24.7. The van der Waals surface area contributed by atoms with Gasteiger partial charge < -0.3 is 14.6 Å². The second-order valence-electron chi connectivity index (χ2n) is 13.6. The van der Waals surface area contributed by atoms with Crippen molar-refractivity contribution in [2.45, 2.75) is 69.3 Å². The number of halogens is 1. The molecule has 8 rings (SSSR count). The van der Waals surface area contributed by atoms with Gasteiger partial charge in [-0.1, -0.05) is 31.2 Å². The van der Waals surface area contributed by atoms with E-state index >= 15 is 0 Å². The number of nitrogens with zero attached hydrogens (tertiary/aromatic N) is 4. The number of hydrogen-bond acceptors (Lipinski definition) is 8. The zero-order chi connectivity index (χ0) is 30.4. The number of benzene rings is 1. The maximum Gasteiger partial charge on any atom is 0.258 e. The molecule has 4 aliphatic rings. The van der Waals surface area contributed by atoms with Crippen LogP contribution >= 0.6 is 11.8 Å². The average Bonchev–Trinajstić information content (AvgIpc) is 3.68. The standard InChI is InChI=1S/C34H35FN4O4S/c1-32-15-19-17-37-39(22-8-6-21(35)7-9-22)25(19)14-20(32)5-10-23-24-11-12-34(42,33(24,2)16-26(40)29(23)32)28(41)18-44-31-38-30-27(43-31)4-3-13-36-30/h3-4,6-9,13-14,17,23-24,26,29,40,42H,5,10-12,15-16,18H2,1-2H3/t23?,24?,26-,29?,32?,33?,34-/m0/s1. The predicted octanol–water partition coefficient (Wildman–Crippen LogP) is 5.79. The van der Waals surface area contributed by atoms with Gasteiger partial charge in [0.05, 0.1) is 29.4 Å². The Morgan fingerprint density at radius 2 is 2.02 bits per heavy atom. The summed E-state index contributed by atoms with van der Waals surface area (Å²) in [5, 5.41) is 29.1. The van der Waals surface area contributed by atoms with E-state index in [0.29, 0.717) is 29.3 Å². The van der Waals surface area contributed by atoms with Crippen LogP contribution in [0.15, 0.2) is 64.0 Å². The molecule has 0 amide bonds. The summed E-state index contributed by atoms with van der Waals surface area (Å²) < 4.78 is 21.2. The van der Waals surface area contributed by atoms with Gasteiger partial charge in [-0.3, -0.25) is 4.79 Å². The maximum absolute atomic E-state index is 13.8. The molecule has 5 unspecified atom stereocenters. The second-order valence-corrected chi connectivity index (χ2v) is 14.6. The summed E-state index contributed by atoms with van der Waals surface area (Å²) in [6.45, 7) is 4.30. The quantitative estimate of drug-likeness (QED) is 0.272. The first-order chi connectivity index (χ1) is 21.1. The number of Topliss-reactive ketones (excluding diaryl/α,β-unsaturated/α-hetero) is 1. The molecule has 228 valence electrons. The Hall–Kier alpha value is -3.34. The van der Waals surface area contributed by atoms with Gasteiger partial charge >= 0.3 is 0 Å². The minimum atomic E-state index is -1.52. The third-order valence-electron chi connectivity index (χ3n) is 11.6. The first-order valence-corrected chi connectivity index (χ1v) is 16.4. The molecule has 0 bridgehead atoms. The van der Waals surface area contributed by atoms with E-state index in [1.165, 1.54) is 29.5 Å². The van der Waals surface area contributed by atoms with E-state index in [1.807, 2.05) is 17.8 Å². The lowest BCUT2D eigenvalue weighted by atomic mass is 9.45. The molecule has 0 radical (unpaired) electrons. The minimum Gasteiger partial charge on any atom is -0.430 e. The number of aliphatic hydroxyl groups excluding tert-OH is 1. The van der Waals surface area contributed by atoms with Crippen molar-refractivity contribution in [1.29, 1.82) is 0 Å². The zero-order valence-corrected chi connectivity index (χ0v) is 25.6. The molecule has 0 aliphatic heterocycles. The molecule has 10 heteroatoms.